The molecule has 0 saturated carbocycles. The molecule has 0 aliphatic heterocycles. The fraction of sp³-hybridized carbons (Fsp3) is 0. The van der Waals surface area contributed by atoms with Crippen LogP contribution in [0, 0.1) is 0 Å². The summed E-state index contributed by atoms with van der Waals surface area (Å²) in [5.41, 5.74) is 7.04. The molecule has 2 aromatic rings. The molecule has 76 valence electrons. The highest BCUT2D eigenvalue weighted by atomic mass is 16.4. The van der Waals surface area contributed by atoms with Crippen LogP contribution in [0.15, 0.2) is 36.8 Å². The van der Waals surface area contributed by atoms with E-state index in [4.69, 9.17) is 10.8 Å². The van der Waals surface area contributed by atoms with Crippen molar-refractivity contribution in [3.8, 4) is 5.69 Å². The van der Waals surface area contributed by atoms with Gasteiger partial charge in [0.05, 0.1) is 11.4 Å². The van der Waals surface area contributed by atoms with E-state index in [1.807, 2.05) is 12.1 Å². The molecule has 0 fully saturated rings. The molecule has 15 heavy (non-hydrogen) atoms. The van der Waals surface area contributed by atoms with Crippen LogP contribution in [-0.2, 0) is 0 Å². The minimum Gasteiger partial charge on any atom is -0.476 e. The lowest BCUT2D eigenvalue weighted by atomic mass is 10.3. The van der Waals surface area contributed by atoms with E-state index >= 15 is 0 Å². The van der Waals surface area contributed by atoms with Gasteiger partial charge >= 0.3 is 5.97 Å². The molecule has 1 heterocycles. The average molecular weight is 203 g/mol. The Hall–Kier alpha value is -2.30. The summed E-state index contributed by atoms with van der Waals surface area (Å²) in [5.74, 6) is -1.05. The number of nitrogens with two attached hydrogens (primary N) is 1. The third-order valence-electron chi connectivity index (χ3n) is 2.02. The van der Waals surface area contributed by atoms with Crippen molar-refractivity contribution in [3.63, 3.8) is 0 Å². The molecule has 5 nitrogen and oxygen atoms in total. The smallest absolute Gasteiger partial charge is 0.356 e. The quantitative estimate of drug-likeness (QED) is 0.717. The largest absolute Gasteiger partial charge is 0.476 e. The number of nitrogens with zero attached hydrogens (tertiary/aromatic N) is 2. The topological polar surface area (TPSA) is 81.1 Å². The van der Waals surface area contributed by atoms with Gasteiger partial charge in [0, 0.05) is 6.20 Å². The molecule has 0 unspecified atom stereocenters. The molecule has 0 saturated heterocycles. The van der Waals surface area contributed by atoms with Gasteiger partial charge in [0.2, 0.25) is 0 Å². The first-order valence-corrected chi connectivity index (χ1v) is 4.30. The van der Waals surface area contributed by atoms with Gasteiger partial charge in [-0.05, 0) is 12.1 Å². The second-order valence-electron chi connectivity index (χ2n) is 3.03. The minimum atomic E-state index is -1.05. The number of anilines is 1. The zero-order valence-electron chi connectivity index (χ0n) is 7.79. The zero-order valence-corrected chi connectivity index (χ0v) is 7.79. The fourth-order valence-corrected chi connectivity index (χ4v) is 1.29. The Morgan fingerprint density at radius 1 is 1.40 bits per heavy atom. The summed E-state index contributed by atoms with van der Waals surface area (Å²) in [6.45, 7) is 0. The van der Waals surface area contributed by atoms with Crippen LogP contribution in [0.5, 0.6) is 0 Å². The number of benzene rings is 1. The Bertz CT molecular complexity index is 505. The van der Waals surface area contributed by atoms with Crippen molar-refractivity contribution in [1.82, 2.24) is 9.55 Å². The Kier molecular flexibility index (Phi) is 2.13. The van der Waals surface area contributed by atoms with Gasteiger partial charge in [-0.3, -0.25) is 0 Å². The van der Waals surface area contributed by atoms with Gasteiger partial charge in [0.1, 0.15) is 6.33 Å². The van der Waals surface area contributed by atoms with Gasteiger partial charge in [-0.15, -0.1) is 0 Å². The zero-order chi connectivity index (χ0) is 10.8. The molecule has 0 aliphatic rings. The Balaban J connectivity index is 2.46. The van der Waals surface area contributed by atoms with Crippen LogP contribution in [0.3, 0.4) is 0 Å². The van der Waals surface area contributed by atoms with Crippen LogP contribution in [0.2, 0.25) is 0 Å². The Labute approximate surface area is 85.8 Å². The number of aromatic carboxylic acids is 1. The van der Waals surface area contributed by atoms with E-state index in [9.17, 15) is 4.79 Å². The standard InChI is InChI=1S/C10H9N3O2/c11-7-3-1-2-4-9(7)13-5-8(10(14)15)12-6-13/h1-6H,11H2,(H,14,15). The van der Waals surface area contributed by atoms with Crippen molar-refractivity contribution in [2.75, 3.05) is 5.73 Å². The Morgan fingerprint density at radius 2 is 2.13 bits per heavy atom. The summed E-state index contributed by atoms with van der Waals surface area (Å²) in [4.78, 5) is 14.4. The summed E-state index contributed by atoms with van der Waals surface area (Å²) >= 11 is 0. The third kappa shape index (κ3) is 1.67. The molecule has 1 aromatic carbocycles. The second kappa shape index (κ2) is 3.45. The van der Waals surface area contributed by atoms with Crippen molar-refractivity contribution < 1.29 is 9.90 Å². The maximum atomic E-state index is 10.6. The van der Waals surface area contributed by atoms with Crippen molar-refractivity contribution in [2.24, 2.45) is 0 Å². The lowest BCUT2D eigenvalue weighted by Crippen LogP contribution is -1.98. The maximum Gasteiger partial charge on any atom is 0.356 e. The highest BCUT2D eigenvalue weighted by Gasteiger charge is 2.08. The molecule has 3 N–H and O–H groups in total. The molecule has 0 amide bonds. The van der Waals surface area contributed by atoms with Crippen molar-refractivity contribution in [2.45, 2.75) is 0 Å². The summed E-state index contributed by atoms with van der Waals surface area (Å²) in [6.07, 6.45) is 2.85. The van der Waals surface area contributed by atoms with E-state index in [0.29, 0.717) is 5.69 Å². The number of carboxylic acids is 1. The molecular formula is C10H9N3O2. The molecule has 5 heteroatoms. The highest BCUT2D eigenvalue weighted by molar-refractivity contribution is 5.85. The molecule has 0 spiro atoms. The van der Waals surface area contributed by atoms with Crippen molar-refractivity contribution in [1.29, 1.82) is 0 Å². The van der Waals surface area contributed by atoms with E-state index < -0.39 is 5.97 Å². The minimum absolute atomic E-state index is 0.00162. The lowest BCUT2D eigenvalue weighted by molar-refractivity contribution is 0.0691. The van der Waals surface area contributed by atoms with Crippen LogP contribution >= 0.6 is 0 Å². The van der Waals surface area contributed by atoms with Gasteiger partial charge in [0.15, 0.2) is 5.69 Å². The number of rotatable bonds is 2. The van der Waals surface area contributed by atoms with Crippen LogP contribution in [0.25, 0.3) is 5.69 Å². The van der Waals surface area contributed by atoms with Gasteiger partial charge in [-0.1, -0.05) is 12.1 Å². The van der Waals surface area contributed by atoms with Crippen molar-refractivity contribution >= 4 is 11.7 Å². The molecule has 0 radical (unpaired) electrons. The number of aromatic nitrogens is 2. The van der Waals surface area contributed by atoms with Gasteiger partial charge < -0.3 is 15.4 Å². The monoisotopic (exact) mass is 203 g/mol. The fourth-order valence-electron chi connectivity index (χ4n) is 1.29. The number of imidazole rings is 1. The number of nitrogen functional groups attached to an aromatic ring is 1. The SMILES string of the molecule is Nc1ccccc1-n1cnc(C(=O)O)c1. The molecule has 0 bridgehead atoms. The third-order valence-corrected chi connectivity index (χ3v) is 2.02. The number of carboxylic acid groups (broad SMARTS) is 1. The Morgan fingerprint density at radius 3 is 2.73 bits per heavy atom. The van der Waals surface area contributed by atoms with Crippen LogP contribution in [-0.4, -0.2) is 20.6 Å². The summed E-state index contributed by atoms with van der Waals surface area (Å²) < 4.78 is 1.58. The van der Waals surface area contributed by atoms with E-state index in [1.54, 1.807) is 16.7 Å². The predicted octanol–water partition coefficient (Wildman–Crippen LogP) is 1.15. The molecule has 2 rings (SSSR count). The van der Waals surface area contributed by atoms with E-state index in [2.05, 4.69) is 4.98 Å². The normalized spacial score (nSPS) is 10.1. The lowest BCUT2D eigenvalue weighted by Gasteiger charge is -2.04. The summed E-state index contributed by atoms with van der Waals surface area (Å²) in [5, 5.41) is 8.71. The van der Waals surface area contributed by atoms with Crippen LogP contribution in [0.1, 0.15) is 10.5 Å². The molecule has 0 atom stereocenters. The van der Waals surface area contributed by atoms with Gasteiger partial charge in [-0.25, -0.2) is 9.78 Å². The van der Waals surface area contributed by atoms with E-state index in [-0.39, 0.29) is 5.69 Å². The number of hydrogen-bond acceptors (Lipinski definition) is 3. The van der Waals surface area contributed by atoms with E-state index in [1.165, 1.54) is 12.5 Å². The average Bonchev–Trinajstić information content (AvgIpc) is 2.67. The van der Waals surface area contributed by atoms with Gasteiger partial charge in [0.25, 0.3) is 0 Å². The summed E-state index contributed by atoms with van der Waals surface area (Å²) in [7, 11) is 0. The highest BCUT2D eigenvalue weighted by Crippen LogP contribution is 2.16. The summed E-state index contributed by atoms with van der Waals surface area (Å²) in [6, 6.07) is 7.18. The maximum absolute atomic E-state index is 10.6. The van der Waals surface area contributed by atoms with Crippen molar-refractivity contribution in [3.05, 3.63) is 42.5 Å². The number of hydrogen-bond donors (Lipinski definition) is 2. The number of para-hydroxylation sites is 2. The molecule has 1 aromatic heterocycles. The van der Waals surface area contributed by atoms with Crippen LogP contribution in [0.4, 0.5) is 5.69 Å². The molecular weight excluding hydrogens is 194 g/mol. The predicted molar refractivity (Wildman–Crippen MR) is 54.9 cm³/mol. The first-order valence-electron chi connectivity index (χ1n) is 4.30. The van der Waals surface area contributed by atoms with Gasteiger partial charge in [-0.2, -0.15) is 0 Å². The first-order chi connectivity index (χ1) is 7.18. The molecule has 0 aliphatic carbocycles. The number of carbonyl (C=O) groups is 1. The van der Waals surface area contributed by atoms with E-state index in [0.717, 1.165) is 5.69 Å². The second-order valence-corrected chi connectivity index (χ2v) is 3.03. The first kappa shape index (κ1) is 9.26. The van der Waals surface area contributed by atoms with Crippen LogP contribution < -0.4 is 5.73 Å².